The van der Waals surface area contributed by atoms with Crippen LogP contribution in [0.1, 0.15) is 43.6 Å². The van der Waals surface area contributed by atoms with Gasteiger partial charge in [0.05, 0.1) is 0 Å². The summed E-state index contributed by atoms with van der Waals surface area (Å²) in [7, 11) is 0. The second-order valence-electron chi connectivity index (χ2n) is 4.23. The van der Waals surface area contributed by atoms with Gasteiger partial charge in [0.25, 0.3) is 0 Å². The third kappa shape index (κ3) is 2.14. The highest BCUT2D eigenvalue weighted by Crippen LogP contribution is 2.25. The van der Waals surface area contributed by atoms with Crippen molar-refractivity contribution in [2.45, 2.75) is 33.1 Å². The van der Waals surface area contributed by atoms with E-state index < -0.39 is 0 Å². The highest BCUT2D eigenvalue weighted by Gasteiger charge is 2.19. The summed E-state index contributed by atoms with van der Waals surface area (Å²) in [6.45, 7) is 7.85. The molecule has 0 radical (unpaired) electrons. The molecule has 1 aromatic rings. The number of carbonyl (C=O) groups is 1. The van der Waals surface area contributed by atoms with E-state index in [2.05, 4.69) is 25.8 Å². The van der Waals surface area contributed by atoms with Gasteiger partial charge in [0.1, 0.15) is 0 Å². The van der Waals surface area contributed by atoms with Crippen LogP contribution in [-0.2, 0) is 5.41 Å². The maximum absolute atomic E-state index is 11.3. The van der Waals surface area contributed by atoms with Crippen LogP contribution in [0.5, 0.6) is 0 Å². The van der Waals surface area contributed by atoms with Gasteiger partial charge in [-0.05, 0) is 24.0 Å². The average Bonchev–Trinajstić information content (AvgIpc) is 2.03. The van der Waals surface area contributed by atoms with E-state index in [0.29, 0.717) is 0 Å². The third-order valence-electron chi connectivity index (χ3n) is 2.01. The largest absolute Gasteiger partial charge is 0.294 e. The van der Waals surface area contributed by atoms with E-state index in [4.69, 9.17) is 0 Å². The quantitative estimate of drug-likeness (QED) is 0.617. The van der Waals surface area contributed by atoms with Gasteiger partial charge in [-0.15, -0.1) is 0 Å². The Bertz CT molecular complexity index is 323. The number of ketones is 1. The van der Waals surface area contributed by atoms with E-state index in [1.165, 1.54) is 0 Å². The summed E-state index contributed by atoms with van der Waals surface area (Å²) in [5.74, 6) is 0.0815. The Balaban J connectivity index is 3.28. The molecule has 2 heteroatoms. The summed E-state index contributed by atoms with van der Waals surface area (Å²) in [5.41, 5.74) is 1.80. The van der Waals surface area contributed by atoms with Crippen LogP contribution in [0.4, 0.5) is 0 Å². The predicted molar refractivity (Wildman–Crippen MR) is 52.9 cm³/mol. The lowest BCUT2D eigenvalue weighted by Crippen LogP contribution is -2.16. The fourth-order valence-corrected chi connectivity index (χ4v) is 1.33. The number of hydrogen-bond donors (Lipinski definition) is 0. The smallest absolute Gasteiger partial charge is 0.161 e. The zero-order valence-electron chi connectivity index (χ0n) is 8.59. The minimum absolute atomic E-state index is 0.00391. The van der Waals surface area contributed by atoms with Crippen LogP contribution in [0.25, 0.3) is 0 Å². The first kappa shape index (κ1) is 9.90. The van der Waals surface area contributed by atoms with Crippen LogP contribution >= 0.6 is 0 Å². The maximum atomic E-state index is 11.3. The number of rotatable bonds is 1. The molecule has 0 aliphatic rings. The van der Waals surface area contributed by atoms with Gasteiger partial charge in [-0.3, -0.25) is 9.78 Å². The average molecular weight is 177 g/mol. The molecule has 13 heavy (non-hydrogen) atoms. The number of Topliss-reactive ketones (excluding diaryl/α,β-unsaturated/α-hetero) is 1. The second-order valence-corrected chi connectivity index (χ2v) is 4.23. The minimum atomic E-state index is 0.00391. The number of carbonyl (C=O) groups excluding carboxylic acids is 1. The molecular formula is C11H15NO. The van der Waals surface area contributed by atoms with Crippen molar-refractivity contribution >= 4 is 5.78 Å². The third-order valence-corrected chi connectivity index (χ3v) is 2.01. The van der Waals surface area contributed by atoms with E-state index in [1.54, 1.807) is 19.3 Å². The highest BCUT2D eigenvalue weighted by atomic mass is 16.1. The number of aromatic nitrogens is 1. The van der Waals surface area contributed by atoms with Crippen molar-refractivity contribution < 1.29 is 4.79 Å². The summed E-state index contributed by atoms with van der Waals surface area (Å²) >= 11 is 0. The number of pyridine rings is 1. The second kappa shape index (κ2) is 3.29. The number of hydrogen-bond acceptors (Lipinski definition) is 2. The van der Waals surface area contributed by atoms with Crippen molar-refractivity contribution in [2.75, 3.05) is 0 Å². The van der Waals surface area contributed by atoms with E-state index >= 15 is 0 Å². The van der Waals surface area contributed by atoms with Crippen molar-refractivity contribution in [1.29, 1.82) is 0 Å². The molecule has 0 N–H and O–H groups in total. The van der Waals surface area contributed by atoms with Crippen molar-refractivity contribution in [1.82, 2.24) is 4.98 Å². The lowest BCUT2D eigenvalue weighted by atomic mass is 9.84. The maximum Gasteiger partial charge on any atom is 0.161 e. The van der Waals surface area contributed by atoms with Crippen molar-refractivity contribution in [3.63, 3.8) is 0 Å². The summed E-state index contributed by atoms with van der Waals surface area (Å²) < 4.78 is 0. The molecule has 0 atom stereocenters. The van der Waals surface area contributed by atoms with Crippen LogP contribution in [0.3, 0.4) is 0 Å². The number of nitrogens with zero attached hydrogens (tertiary/aromatic N) is 1. The van der Waals surface area contributed by atoms with E-state index in [9.17, 15) is 4.79 Å². The van der Waals surface area contributed by atoms with Gasteiger partial charge >= 0.3 is 0 Å². The first-order valence-corrected chi connectivity index (χ1v) is 4.38. The Hall–Kier alpha value is -1.18. The first-order valence-electron chi connectivity index (χ1n) is 4.38. The molecule has 70 valence electrons. The van der Waals surface area contributed by atoms with Crippen molar-refractivity contribution in [3.05, 3.63) is 29.6 Å². The molecule has 0 bridgehead atoms. The zero-order chi connectivity index (χ0) is 10.1. The Morgan fingerprint density at radius 1 is 1.38 bits per heavy atom. The first-order chi connectivity index (χ1) is 5.93. The molecule has 0 aromatic carbocycles. The molecule has 1 rings (SSSR count). The lowest BCUT2D eigenvalue weighted by Gasteiger charge is -2.21. The van der Waals surface area contributed by atoms with E-state index in [1.807, 2.05) is 6.07 Å². The predicted octanol–water partition coefficient (Wildman–Crippen LogP) is 2.58. The van der Waals surface area contributed by atoms with Gasteiger partial charge in [0.15, 0.2) is 5.78 Å². The van der Waals surface area contributed by atoms with Gasteiger partial charge in [-0.1, -0.05) is 20.8 Å². The van der Waals surface area contributed by atoms with Gasteiger partial charge in [-0.25, -0.2) is 0 Å². The molecule has 0 fully saturated rings. The van der Waals surface area contributed by atoms with Gasteiger partial charge in [0, 0.05) is 18.0 Å². The normalized spacial score (nSPS) is 11.4. The minimum Gasteiger partial charge on any atom is -0.294 e. The molecule has 0 aliphatic carbocycles. The molecule has 1 aromatic heterocycles. The van der Waals surface area contributed by atoms with E-state index in [0.717, 1.165) is 11.1 Å². The van der Waals surface area contributed by atoms with E-state index in [-0.39, 0.29) is 11.2 Å². The Morgan fingerprint density at radius 2 is 2.00 bits per heavy atom. The monoisotopic (exact) mass is 177 g/mol. The van der Waals surface area contributed by atoms with Gasteiger partial charge in [-0.2, -0.15) is 0 Å². The van der Waals surface area contributed by atoms with Crippen LogP contribution in [-0.4, -0.2) is 10.8 Å². The molecule has 0 unspecified atom stereocenters. The molecule has 1 heterocycles. The van der Waals surface area contributed by atoms with Crippen LogP contribution < -0.4 is 0 Å². The fourth-order valence-electron chi connectivity index (χ4n) is 1.33. The van der Waals surface area contributed by atoms with Crippen molar-refractivity contribution in [3.8, 4) is 0 Å². The summed E-state index contributed by atoms with van der Waals surface area (Å²) in [6, 6.07) is 1.91. The molecule has 0 saturated carbocycles. The summed E-state index contributed by atoms with van der Waals surface area (Å²) in [6.07, 6.45) is 3.37. The Morgan fingerprint density at radius 3 is 2.38 bits per heavy atom. The zero-order valence-corrected chi connectivity index (χ0v) is 8.59. The molecular weight excluding hydrogens is 162 g/mol. The highest BCUT2D eigenvalue weighted by molar-refractivity contribution is 5.95. The van der Waals surface area contributed by atoms with Crippen LogP contribution in [0, 0.1) is 0 Å². The van der Waals surface area contributed by atoms with Crippen LogP contribution in [0.2, 0.25) is 0 Å². The topological polar surface area (TPSA) is 30.0 Å². The summed E-state index contributed by atoms with van der Waals surface area (Å²) in [4.78, 5) is 15.2. The standard InChI is InChI=1S/C11H15NO/c1-8(13)9-7-12-6-5-10(9)11(2,3)4/h5-7H,1-4H3. The molecule has 0 saturated heterocycles. The lowest BCUT2D eigenvalue weighted by molar-refractivity contribution is 0.101. The Labute approximate surface area is 79.0 Å². The van der Waals surface area contributed by atoms with Gasteiger partial charge < -0.3 is 0 Å². The molecule has 0 spiro atoms. The summed E-state index contributed by atoms with van der Waals surface area (Å²) in [5, 5.41) is 0. The Kier molecular flexibility index (Phi) is 2.50. The molecule has 0 amide bonds. The SMILES string of the molecule is CC(=O)c1cnccc1C(C)(C)C. The van der Waals surface area contributed by atoms with Crippen LogP contribution in [0.15, 0.2) is 18.5 Å². The fraction of sp³-hybridized carbons (Fsp3) is 0.455. The van der Waals surface area contributed by atoms with Crippen molar-refractivity contribution in [2.24, 2.45) is 0 Å². The molecule has 2 nitrogen and oxygen atoms in total. The van der Waals surface area contributed by atoms with Gasteiger partial charge in [0.2, 0.25) is 0 Å². The molecule has 0 aliphatic heterocycles.